The highest BCUT2D eigenvalue weighted by Crippen LogP contribution is 2.38. The molecule has 2 aliphatic rings. The van der Waals surface area contributed by atoms with Crippen molar-refractivity contribution < 1.29 is 9.59 Å². The number of nitrogens with one attached hydrogen (secondary N) is 1. The lowest BCUT2D eigenvalue weighted by molar-refractivity contribution is -0.119. The van der Waals surface area contributed by atoms with Gasteiger partial charge in [-0.3, -0.25) is 9.59 Å². The average molecular weight is 373 g/mol. The minimum Gasteiger partial charge on any atom is -0.334 e. The van der Waals surface area contributed by atoms with Crippen molar-refractivity contribution in [1.82, 2.24) is 4.90 Å². The zero-order valence-electron chi connectivity index (χ0n) is 16.1. The van der Waals surface area contributed by atoms with E-state index in [1.807, 2.05) is 55.1 Å². The van der Waals surface area contributed by atoms with Gasteiger partial charge in [-0.2, -0.15) is 5.26 Å². The number of likely N-dealkylation sites (tertiary alicyclic amines) is 1. The normalized spacial score (nSPS) is 21.0. The molecule has 0 bridgehead atoms. The Bertz CT molecular complexity index is 975. The van der Waals surface area contributed by atoms with Gasteiger partial charge in [0, 0.05) is 17.8 Å². The Kier molecular flexibility index (Phi) is 4.43. The van der Waals surface area contributed by atoms with Crippen molar-refractivity contribution in [3.63, 3.8) is 0 Å². The number of rotatable bonds is 3. The van der Waals surface area contributed by atoms with Gasteiger partial charge in [-0.15, -0.1) is 0 Å². The van der Waals surface area contributed by atoms with E-state index in [1.165, 1.54) is 0 Å². The molecule has 5 heteroatoms. The molecule has 2 atom stereocenters. The maximum atomic E-state index is 13.3. The van der Waals surface area contributed by atoms with Crippen molar-refractivity contribution in [1.29, 1.82) is 5.26 Å². The van der Waals surface area contributed by atoms with Gasteiger partial charge >= 0.3 is 0 Å². The number of carbonyl (C=O) groups excluding carboxylic acids is 2. The van der Waals surface area contributed by atoms with Crippen LogP contribution in [0.1, 0.15) is 54.1 Å². The Morgan fingerprint density at radius 3 is 2.71 bits per heavy atom. The second-order valence-corrected chi connectivity index (χ2v) is 8.07. The van der Waals surface area contributed by atoms with Crippen molar-refractivity contribution in [3.05, 3.63) is 65.2 Å². The van der Waals surface area contributed by atoms with Crippen molar-refractivity contribution in [2.45, 2.75) is 44.1 Å². The summed E-state index contributed by atoms with van der Waals surface area (Å²) in [4.78, 5) is 27.3. The number of carbonyl (C=O) groups is 2. The van der Waals surface area contributed by atoms with Gasteiger partial charge in [0.1, 0.15) is 0 Å². The Labute approximate surface area is 165 Å². The minimum absolute atomic E-state index is 0.0558. The zero-order chi connectivity index (χ0) is 19.9. The lowest BCUT2D eigenvalue weighted by Gasteiger charge is -2.28. The fraction of sp³-hybridized carbons (Fsp3) is 0.348. The van der Waals surface area contributed by atoms with Gasteiger partial charge in [0.05, 0.1) is 23.4 Å². The fourth-order valence-corrected chi connectivity index (χ4v) is 4.33. The van der Waals surface area contributed by atoms with Crippen molar-refractivity contribution in [3.8, 4) is 6.07 Å². The molecular weight excluding hydrogens is 350 g/mol. The van der Waals surface area contributed by atoms with E-state index >= 15 is 0 Å². The van der Waals surface area contributed by atoms with Gasteiger partial charge in [-0.25, -0.2) is 0 Å². The summed E-state index contributed by atoms with van der Waals surface area (Å²) in [6.45, 7) is 4.40. The molecule has 4 rings (SSSR count). The molecule has 1 fully saturated rings. The fourth-order valence-electron chi connectivity index (χ4n) is 4.33. The molecule has 2 aromatic carbocycles. The van der Waals surface area contributed by atoms with Crippen molar-refractivity contribution >= 4 is 17.5 Å². The summed E-state index contributed by atoms with van der Waals surface area (Å²) in [5, 5.41) is 12.7. The predicted molar refractivity (Wildman–Crippen MR) is 107 cm³/mol. The third-order valence-corrected chi connectivity index (χ3v) is 6.00. The highest BCUT2D eigenvalue weighted by atomic mass is 16.2. The smallest absolute Gasteiger partial charge is 0.254 e. The van der Waals surface area contributed by atoms with E-state index in [9.17, 15) is 14.9 Å². The summed E-state index contributed by atoms with van der Waals surface area (Å²) in [6, 6.07) is 17.4. The Hall–Kier alpha value is -3.13. The molecule has 2 heterocycles. The molecule has 2 aliphatic heterocycles. The quantitative estimate of drug-likeness (QED) is 0.889. The molecule has 142 valence electrons. The van der Waals surface area contributed by atoms with Crippen LogP contribution < -0.4 is 5.32 Å². The van der Waals surface area contributed by atoms with Crippen molar-refractivity contribution in [2.24, 2.45) is 0 Å². The van der Waals surface area contributed by atoms with Crippen LogP contribution in [0.4, 0.5) is 5.69 Å². The Balaban J connectivity index is 1.62. The van der Waals surface area contributed by atoms with Gasteiger partial charge in [0.2, 0.25) is 5.91 Å². The standard InChI is InChI=1S/C23H23N3O2/c1-23(2)18-11-10-16(13-19(18)25-22(23)28)21(27)26-12-6-9-20(26)17(14-24)15-7-4-3-5-8-15/h3-5,7-8,10-11,13,17,20H,6,9,12H2,1-2H3,(H,25,28). The van der Waals surface area contributed by atoms with Gasteiger partial charge in [-0.1, -0.05) is 36.4 Å². The predicted octanol–water partition coefficient (Wildman–Crippen LogP) is 3.83. The Morgan fingerprint density at radius 1 is 1.25 bits per heavy atom. The highest BCUT2D eigenvalue weighted by molar-refractivity contribution is 6.07. The van der Waals surface area contributed by atoms with E-state index in [4.69, 9.17) is 0 Å². The highest BCUT2D eigenvalue weighted by Gasteiger charge is 2.40. The molecule has 2 aromatic rings. The largest absolute Gasteiger partial charge is 0.334 e. The molecule has 1 saturated heterocycles. The molecule has 2 amide bonds. The first-order valence-corrected chi connectivity index (χ1v) is 9.65. The lowest BCUT2D eigenvalue weighted by atomic mass is 9.86. The number of hydrogen-bond acceptors (Lipinski definition) is 3. The molecule has 0 aliphatic carbocycles. The van der Waals surface area contributed by atoms with E-state index in [-0.39, 0.29) is 23.8 Å². The van der Waals surface area contributed by atoms with Crippen LogP contribution in [0.15, 0.2) is 48.5 Å². The maximum Gasteiger partial charge on any atom is 0.254 e. The van der Waals surface area contributed by atoms with E-state index in [2.05, 4.69) is 11.4 Å². The van der Waals surface area contributed by atoms with Crippen molar-refractivity contribution in [2.75, 3.05) is 11.9 Å². The molecule has 0 aromatic heterocycles. The number of anilines is 1. The molecule has 28 heavy (non-hydrogen) atoms. The number of amides is 2. The molecular formula is C23H23N3O2. The average Bonchev–Trinajstić information content (AvgIpc) is 3.26. The van der Waals surface area contributed by atoms with E-state index in [1.54, 1.807) is 12.1 Å². The van der Waals surface area contributed by atoms with E-state index < -0.39 is 5.41 Å². The van der Waals surface area contributed by atoms with Crippen LogP contribution in [0, 0.1) is 11.3 Å². The zero-order valence-corrected chi connectivity index (χ0v) is 16.1. The van der Waals surface area contributed by atoms with Crippen LogP contribution in [-0.2, 0) is 10.2 Å². The van der Waals surface area contributed by atoms with Gasteiger partial charge in [0.25, 0.3) is 5.91 Å². The summed E-state index contributed by atoms with van der Waals surface area (Å²) in [5.74, 6) is -0.485. The monoisotopic (exact) mass is 373 g/mol. The molecule has 0 saturated carbocycles. The van der Waals surface area contributed by atoms with E-state index in [0.717, 1.165) is 24.0 Å². The third-order valence-electron chi connectivity index (χ3n) is 6.00. The second-order valence-electron chi connectivity index (χ2n) is 8.07. The number of hydrogen-bond donors (Lipinski definition) is 1. The first-order valence-electron chi connectivity index (χ1n) is 9.65. The Morgan fingerprint density at radius 2 is 2.00 bits per heavy atom. The first-order chi connectivity index (χ1) is 13.4. The molecule has 1 N–H and O–H groups in total. The van der Waals surface area contributed by atoms with Crippen LogP contribution in [0.5, 0.6) is 0 Å². The van der Waals surface area contributed by atoms with Crippen LogP contribution in [-0.4, -0.2) is 29.3 Å². The maximum absolute atomic E-state index is 13.3. The van der Waals surface area contributed by atoms with Crippen LogP contribution in [0.3, 0.4) is 0 Å². The third kappa shape index (κ3) is 2.86. The van der Waals surface area contributed by atoms with Crippen LogP contribution in [0.25, 0.3) is 0 Å². The van der Waals surface area contributed by atoms with Gasteiger partial charge < -0.3 is 10.2 Å². The lowest BCUT2D eigenvalue weighted by Crippen LogP contribution is -2.39. The molecule has 0 spiro atoms. The summed E-state index contributed by atoms with van der Waals surface area (Å²) in [7, 11) is 0. The number of nitrogens with zero attached hydrogens (tertiary/aromatic N) is 2. The topological polar surface area (TPSA) is 73.2 Å². The number of benzene rings is 2. The molecule has 2 unspecified atom stereocenters. The van der Waals surface area contributed by atoms with Crippen LogP contribution >= 0.6 is 0 Å². The summed E-state index contributed by atoms with van der Waals surface area (Å²) in [6.07, 6.45) is 1.70. The summed E-state index contributed by atoms with van der Waals surface area (Å²) >= 11 is 0. The summed E-state index contributed by atoms with van der Waals surface area (Å²) < 4.78 is 0. The van der Waals surface area contributed by atoms with Crippen LogP contribution in [0.2, 0.25) is 0 Å². The van der Waals surface area contributed by atoms with Gasteiger partial charge in [-0.05, 0) is 49.9 Å². The van der Waals surface area contributed by atoms with E-state index in [0.29, 0.717) is 17.8 Å². The second kappa shape index (κ2) is 6.79. The van der Waals surface area contributed by atoms with Gasteiger partial charge in [0.15, 0.2) is 0 Å². The minimum atomic E-state index is -0.591. The SMILES string of the molecule is CC1(C)C(=O)Nc2cc(C(=O)N3CCCC3C(C#N)c3ccccc3)ccc21. The molecule has 0 radical (unpaired) electrons. The molecule has 5 nitrogen and oxygen atoms in total. The number of fused-ring (bicyclic) bond motifs is 1. The number of nitriles is 1. The first kappa shape index (κ1) is 18.2. The summed E-state index contributed by atoms with van der Waals surface area (Å²) in [5.41, 5.74) is 2.51.